The Morgan fingerprint density at radius 2 is 1.45 bits per heavy atom. The van der Waals surface area contributed by atoms with Crippen LogP contribution in [0.4, 0.5) is 19.3 Å². The van der Waals surface area contributed by atoms with Crippen molar-refractivity contribution >= 4 is 11.8 Å². The molecule has 3 nitrogen and oxygen atoms in total. The highest BCUT2D eigenvalue weighted by Crippen LogP contribution is 2.34. The van der Waals surface area contributed by atoms with Gasteiger partial charge in [0, 0.05) is 18.3 Å². The van der Waals surface area contributed by atoms with Crippen LogP contribution in [0.2, 0.25) is 0 Å². The second-order valence-corrected chi connectivity index (χ2v) is 10.8. The van der Waals surface area contributed by atoms with Crippen LogP contribution in [0.3, 0.4) is 0 Å². The van der Waals surface area contributed by atoms with E-state index in [1.54, 1.807) is 7.05 Å². The maximum atomic E-state index is 15.2. The minimum absolute atomic E-state index is 0.120. The molecular weight excluding hydrogens is 396 g/mol. The molecule has 0 aromatic heterocycles. The van der Waals surface area contributed by atoms with E-state index in [9.17, 15) is 9.18 Å². The van der Waals surface area contributed by atoms with Crippen molar-refractivity contribution in [2.75, 3.05) is 11.9 Å². The fraction of sp³-hybridized carbons (Fsp3) is 0.500. The van der Waals surface area contributed by atoms with Gasteiger partial charge in [-0.25, -0.2) is 13.6 Å². The third-order valence-electron chi connectivity index (χ3n) is 5.26. The van der Waals surface area contributed by atoms with Gasteiger partial charge in [0.1, 0.15) is 17.2 Å². The van der Waals surface area contributed by atoms with Crippen LogP contribution < -0.4 is 4.90 Å². The fourth-order valence-electron chi connectivity index (χ4n) is 3.57. The number of halogens is 2. The van der Waals surface area contributed by atoms with Crippen molar-refractivity contribution in [3.63, 3.8) is 0 Å². The number of benzene rings is 2. The lowest BCUT2D eigenvalue weighted by Crippen LogP contribution is -2.34. The summed E-state index contributed by atoms with van der Waals surface area (Å²) in [5, 5.41) is 0. The van der Waals surface area contributed by atoms with Crippen molar-refractivity contribution in [2.45, 2.75) is 78.2 Å². The van der Waals surface area contributed by atoms with E-state index >= 15 is 4.39 Å². The summed E-state index contributed by atoms with van der Waals surface area (Å²) < 4.78 is 34.9. The number of nitrogens with zero attached hydrogens (tertiary/aromatic N) is 1. The van der Waals surface area contributed by atoms with Crippen molar-refractivity contribution < 1.29 is 18.3 Å². The molecule has 0 aliphatic carbocycles. The Bertz CT molecular complexity index is 936. The van der Waals surface area contributed by atoms with Gasteiger partial charge in [-0.15, -0.1) is 0 Å². The standard InChI is InChI=1S/C26H35F2NO2/c1-24(2,3)21-20(27)15-10-17(22(21)28)16-26(7,8)18-11-13-19(14-12-18)29(9)23(30)31-25(4,5)6/h10-15H,16H2,1-9H3. The van der Waals surface area contributed by atoms with Crippen LogP contribution in [-0.4, -0.2) is 18.7 Å². The fourth-order valence-corrected chi connectivity index (χ4v) is 3.57. The monoisotopic (exact) mass is 431 g/mol. The minimum Gasteiger partial charge on any atom is -0.443 e. The summed E-state index contributed by atoms with van der Waals surface area (Å²) >= 11 is 0. The number of amides is 1. The first-order chi connectivity index (χ1) is 14.0. The maximum Gasteiger partial charge on any atom is 0.414 e. The molecule has 0 saturated heterocycles. The van der Waals surface area contributed by atoms with Crippen molar-refractivity contribution in [1.82, 2.24) is 0 Å². The molecule has 0 bridgehead atoms. The molecule has 0 spiro atoms. The van der Waals surface area contributed by atoms with Crippen LogP contribution in [0.15, 0.2) is 36.4 Å². The normalized spacial score (nSPS) is 12.6. The zero-order valence-corrected chi connectivity index (χ0v) is 20.2. The van der Waals surface area contributed by atoms with Gasteiger partial charge in [0.05, 0.1) is 0 Å². The number of ether oxygens (including phenoxy) is 1. The molecule has 0 atom stereocenters. The van der Waals surface area contributed by atoms with Crippen LogP contribution in [0.5, 0.6) is 0 Å². The zero-order chi connectivity index (χ0) is 23.8. The quantitative estimate of drug-likeness (QED) is 0.514. The Labute approximate surface area is 185 Å². The molecule has 2 aromatic carbocycles. The summed E-state index contributed by atoms with van der Waals surface area (Å²) in [5.74, 6) is -0.983. The summed E-state index contributed by atoms with van der Waals surface area (Å²) in [5.41, 5.74) is 0.727. The van der Waals surface area contributed by atoms with E-state index in [1.165, 1.54) is 17.0 Å². The third kappa shape index (κ3) is 6.05. The molecule has 2 rings (SSSR count). The van der Waals surface area contributed by atoms with Crippen molar-refractivity contribution in [2.24, 2.45) is 0 Å². The second-order valence-electron chi connectivity index (χ2n) is 10.8. The Hall–Kier alpha value is -2.43. The molecule has 0 saturated carbocycles. The van der Waals surface area contributed by atoms with E-state index in [0.29, 0.717) is 17.7 Å². The van der Waals surface area contributed by atoms with Crippen molar-refractivity contribution in [3.05, 3.63) is 64.7 Å². The Morgan fingerprint density at radius 3 is 1.94 bits per heavy atom. The van der Waals surface area contributed by atoms with Gasteiger partial charge in [-0.2, -0.15) is 0 Å². The summed E-state index contributed by atoms with van der Waals surface area (Å²) in [6.45, 7) is 15.0. The highest BCUT2D eigenvalue weighted by Gasteiger charge is 2.29. The van der Waals surface area contributed by atoms with Gasteiger partial charge in [-0.1, -0.05) is 52.8 Å². The maximum absolute atomic E-state index is 15.2. The van der Waals surface area contributed by atoms with E-state index in [-0.39, 0.29) is 5.56 Å². The molecule has 31 heavy (non-hydrogen) atoms. The van der Waals surface area contributed by atoms with Crippen LogP contribution in [-0.2, 0) is 22.0 Å². The topological polar surface area (TPSA) is 29.5 Å². The summed E-state index contributed by atoms with van der Waals surface area (Å²) in [7, 11) is 1.66. The predicted octanol–water partition coefficient (Wildman–Crippen LogP) is 7.15. The summed E-state index contributed by atoms with van der Waals surface area (Å²) in [4.78, 5) is 13.7. The van der Waals surface area contributed by atoms with Crippen LogP contribution in [0, 0.1) is 11.6 Å². The second kappa shape index (κ2) is 8.60. The van der Waals surface area contributed by atoms with E-state index < -0.39 is 34.2 Å². The highest BCUT2D eigenvalue weighted by atomic mass is 19.1. The van der Waals surface area contributed by atoms with Crippen LogP contribution in [0.25, 0.3) is 0 Å². The first-order valence-corrected chi connectivity index (χ1v) is 10.6. The molecule has 170 valence electrons. The molecule has 2 aromatic rings. The van der Waals surface area contributed by atoms with Crippen molar-refractivity contribution in [1.29, 1.82) is 0 Å². The molecule has 0 heterocycles. The van der Waals surface area contributed by atoms with Gasteiger partial charge in [0.2, 0.25) is 0 Å². The summed E-state index contributed by atoms with van der Waals surface area (Å²) in [6.07, 6.45) is -0.00806. The van der Waals surface area contributed by atoms with Gasteiger partial charge < -0.3 is 4.74 Å². The molecule has 0 aliphatic heterocycles. The number of rotatable bonds is 4. The molecule has 0 unspecified atom stereocenters. The first-order valence-electron chi connectivity index (χ1n) is 10.6. The number of anilines is 1. The average molecular weight is 432 g/mol. The van der Waals surface area contributed by atoms with Crippen LogP contribution in [0.1, 0.15) is 72.1 Å². The molecule has 1 amide bonds. The average Bonchev–Trinajstić information content (AvgIpc) is 2.61. The Balaban J connectivity index is 2.27. The lowest BCUT2D eigenvalue weighted by Gasteiger charge is -2.29. The van der Waals surface area contributed by atoms with Gasteiger partial charge in [0.25, 0.3) is 0 Å². The lowest BCUT2D eigenvalue weighted by atomic mass is 9.77. The lowest BCUT2D eigenvalue weighted by molar-refractivity contribution is 0.0589. The Kier molecular flexibility index (Phi) is 6.89. The zero-order valence-electron chi connectivity index (χ0n) is 20.2. The summed E-state index contributed by atoms with van der Waals surface area (Å²) in [6, 6.07) is 10.5. The number of hydrogen-bond acceptors (Lipinski definition) is 2. The van der Waals surface area contributed by atoms with E-state index in [1.807, 2.05) is 79.7 Å². The van der Waals surface area contributed by atoms with Gasteiger partial charge >= 0.3 is 6.09 Å². The van der Waals surface area contributed by atoms with Gasteiger partial charge in [-0.3, -0.25) is 4.90 Å². The van der Waals surface area contributed by atoms with E-state index in [0.717, 1.165) is 5.56 Å². The molecule has 0 radical (unpaired) electrons. The molecule has 0 fully saturated rings. The highest BCUT2D eigenvalue weighted by molar-refractivity contribution is 5.87. The minimum atomic E-state index is -0.623. The number of hydrogen-bond donors (Lipinski definition) is 0. The van der Waals surface area contributed by atoms with E-state index in [2.05, 4.69) is 0 Å². The van der Waals surface area contributed by atoms with Crippen LogP contribution >= 0.6 is 0 Å². The van der Waals surface area contributed by atoms with Gasteiger partial charge in [-0.05, 0) is 67.3 Å². The SMILES string of the molecule is CN(C(=O)OC(C)(C)C)c1ccc(C(C)(C)Cc2ccc(F)c(C(C)(C)C)c2F)cc1. The van der Waals surface area contributed by atoms with Gasteiger partial charge in [0.15, 0.2) is 0 Å². The molecule has 0 N–H and O–H groups in total. The molecule has 5 heteroatoms. The number of carbonyl (C=O) groups excluding carboxylic acids is 1. The Morgan fingerprint density at radius 1 is 0.903 bits per heavy atom. The van der Waals surface area contributed by atoms with E-state index in [4.69, 9.17) is 4.74 Å². The first kappa shape index (κ1) is 24.8. The smallest absolute Gasteiger partial charge is 0.414 e. The number of carbonyl (C=O) groups is 1. The third-order valence-corrected chi connectivity index (χ3v) is 5.26. The largest absolute Gasteiger partial charge is 0.443 e. The molecular formula is C26H35F2NO2. The van der Waals surface area contributed by atoms with Crippen molar-refractivity contribution in [3.8, 4) is 0 Å². The predicted molar refractivity (Wildman–Crippen MR) is 123 cm³/mol. The molecule has 0 aliphatic rings.